The van der Waals surface area contributed by atoms with Crippen LogP contribution in [0.15, 0.2) is 40.6 Å². The molecule has 0 amide bonds. The van der Waals surface area contributed by atoms with E-state index < -0.39 is 0 Å². The van der Waals surface area contributed by atoms with E-state index >= 15 is 0 Å². The lowest BCUT2D eigenvalue weighted by Gasteiger charge is -2.18. The number of nitrogens with zero attached hydrogens (tertiary/aromatic N) is 2. The Labute approximate surface area is 112 Å². The van der Waals surface area contributed by atoms with Crippen LogP contribution in [0.3, 0.4) is 0 Å². The molecule has 0 saturated carbocycles. The third kappa shape index (κ3) is 5.95. The maximum atomic E-state index is 4.40. The summed E-state index contributed by atoms with van der Waals surface area (Å²) in [5.74, 6) is 1.16. The normalized spacial score (nSPS) is 14.3. The molecule has 2 nitrogen and oxygen atoms in total. The van der Waals surface area contributed by atoms with E-state index in [-0.39, 0.29) is 5.54 Å². The van der Waals surface area contributed by atoms with Crippen LogP contribution in [-0.2, 0) is 0 Å². The summed E-state index contributed by atoms with van der Waals surface area (Å²) in [5.41, 5.74) is 1.30. The molecule has 18 heavy (non-hydrogen) atoms. The smallest absolute Gasteiger partial charge is 0.0732 e. The van der Waals surface area contributed by atoms with E-state index in [4.69, 9.17) is 0 Å². The summed E-state index contributed by atoms with van der Waals surface area (Å²) in [4.78, 5) is 0. The van der Waals surface area contributed by atoms with Crippen LogP contribution in [0.25, 0.3) is 0 Å². The van der Waals surface area contributed by atoms with Crippen molar-refractivity contribution in [1.29, 1.82) is 0 Å². The van der Waals surface area contributed by atoms with E-state index in [0.717, 1.165) is 13.0 Å². The van der Waals surface area contributed by atoms with Crippen LogP contribution >= 0.6 is 0 Å². The lowest BCUT2D eigenvalue weighted by Crippen LogP contribution is -2.10. The minimum Gasteiger partial charge on any atom is -0.193 e. The summed E-state index contributed by atoms with van der Waals surface area (Å²) >= 11 is 0. The lowest BCUT2D eigenvalue weighted by molar-refractivity contribution is 0.479. The van der Waals surface area contributed by atoms with Crippen molar-refractivity contribution >= 4 is 0 Å². The van der Waals surface area contributed by atoms with Gasteiger partial charge in [0, 0.05) is 5.92 Å². The summed E-state index contributed by atoms with van der Waals surface area (Å²) in [6, 6.07) is 10.7. The molecule has 100 valence electrons. The van der Waals surface area contributed by atoms with Gasteiger partial charge in [0.25, 0.3) is 0 Å². The quantitative estimate of drug-likeness (QED) is 0.648. The van der Waals surface area contributed by atoms with Gasteiger partial charge in [-0.25, -0.2) is 0 Å². The first-order valence-electron chi connectivity index (χ1n) is 6.82. The highest BCUT2D eigenvalue weighted by Gasteiger charge is 2.14. The second kappa shape index (κ2) is 6.67. The van der Waals surface area contributed by atoms with Crippen LogP contribution < -0.4 is 0 Å². The summed E-state index contributed by atoms with van der Waals surface area (Å²) in [6.07, 6.45) is 1.16. The molecule has 1 unspecified atom stereocenters. The molecule has 1 aromatic carbocycles. The minimum absolute atomic E-state index is 0.0704. The van der Waals surface area contributed by atoms with Gasteiger partial charge in [-0.3, -0.25) is 0 Å². The fourth-order valence-corrected chi connectivity index (χ4v) is 1.96. The van der Waals surface area contributed by atoms with Gasteiger partial charge in [0.15, 0.2) is 0 Å². The van der Waals surface area contributed by atoms with E-state index in [2.05, 4.69) is 75.2 Å². The molecule has 0 aliphatic carbocycles. The number of hydrogen-bond donors (Lipinski definition) is 0. The first-order chi connectivity index (χ1) is 8.38. The molecule has 1 atom stereocenters. The van der Waals surface area contributed by atoms with Crippen molar-refractivity contribution in [3.63, 3.8) is 0 Å². The van der Waals surface area contributed by atoms with Gasteiger partial charge < -0.3 is 0 Å². The zero-order valence-electron chi connectivity index (χ0n) is 12.4. The van der Waals surface area contributed by atoms with E-state index in [1.54, 1.807) is 0 Å². The van der Waals surface area contributed by atoms with E-state index in [9.17, 15) is 0 Å². The maximum Gasteiger partial charge on any atom is 0.0732 e. The van der Waals surface area contributed by atoms with Crippen LogP contribution in [0.1, 0.15) is 52.5 Å². The molecule has 0 aliphatic rings. The predicted molar refractivity (Wildman–Crippen MR) is 78.1 cm³/mol. The Hall–Kier alpha value is -1.18. The molecule has 0 aliphatic heterocycles. The van der Waals surface area contributed by atoms with Crippen molar-refractivity contribution in [2.45, 2.75) is 52.5 Å². The molecule has 0 bridgehead atoms. The molecule has 0 saturated heterocycles. The summed E-state index contributed by atoms with van der Waals surface area (Å²) in [7, 11) is 0. The maximum absolute atomic E-state index is 4.40. The Morgan fingerprint density at radius 3 is 2.17 bits per heavy atom. The highest BCUT2D eigenvalue weighted by molar-refractivity contribution is 5.19. The number of azo groups is 1. The zero-order chi connectivity index (χ0) is 13.6. The van der Waals surface area contributed by atoms with Crippen LogP contribution in [0.4, 0.5) is 0 Å². The van der Waals surface area contributed by atoms with Crippen molar-refractivity contribution in [2.24, 2.45) is 16.1 Å². The van der Waals surface area contributed by atoms with Gasteiger partial charge in [0.05, 0.1) is 12.1 Å². The molecular formula is C16H26N2. The van der Waals surface area contributed by atoms with E-state index in [1.807, 2.05) is 0 Å². The third-order valence-corrected chi connectivity index (χ3v) is 2.70. The van der Waals surface area contributed by atoms with Gasteiger partial charge >= 0.3 is 0 Å². The number of benzene rings is 1. The van der Waals surface area contributed by atoms with E-state index in [0.29, 0.717) is 11.8 Å². The standard InChI is InChI=1S/C16H26N2/c1-13(2)11-15(12-17-18-16(3,4)5)14-9-7-6-8-10-14/h6-10,13,15H,11-12H2,1-5H3. The second-order valence-corrected chi connectivity index (χ2v) is 6.33. The van der Waals surface area contributed by atoms with E-state index in [1.165, 1.54) is 5.56 Å². The van der Waals surface area contributed by atoms with Crippen LogP contribution in [0.2, 0.25) is 0 Å². The Kier molecular flexibility index (Phi) is 5.52. The second-order valence-electron chi connectivity index (χ2n) is 6.33. The predicted octanol–water partition coefficient (Wildman–Crippen LogP) is 5.07. The highest BCUT2D eigenvalue weighted by atomic mass is 15.1. The molecule has 0 aromatic heterocycles. The third-order valence-electron chi connectivity index (χ3n) is 2.70. The first-order valence-corrected chi connectivity index (χ1v) is 6.82. The van der Waals surface area contributed by atoms with Gasteiger partial charge in [-0.15, -0.1) is 0 Å². The summed E-state index contributed by atoms with van der Waals surface area (Å²) in [6.45, 7) is 11.6. The van der Waals surface area contributed by atoms with Crippen LogP contribution in [-0.4, -0.2) is 12.1 Å². The molecule has 0 heterocycles. The number of hydrogen-bond acceptors (Lipinski definition) is 2. The Morgan fingerprint density at radius 2 is 1.67 bits per heavy atom. The van der Waals surface area contributed by atoms with Crippen molar-refractivity contribution in [3.8, 4) is 0 Å². The van der Waals surface area contributed by atoms with Gasteiger partial charge in [-0.1, -0.05) is 44.2 Å². The number of rotatable bonds is 5. The highest BCUT2D eigenvalue weighted by Crippen LogP contribution is 2.24. The average molecular weight is 246 g/mol. The van der Waals surface area contributed by atoms with Crippen molar-refractivity contribution in [3.05, 3.63) is 35.9 Å². The fourth-order valence-electron chi connectivity index (χ4n) is 1.96. The van der Waals surface area contributed by atoms with Crippen LogP contribution in [0.5, 0.6) is 0 Å². The molecule has 0 radical (unpaired) electrons. The fraction of sp³-hybridized carbons (Fsp3) is 0.625. The van der Waals surface area contributed by atoms with Crippen LogP contribution in [0, 0.1) is 5.92 Å². The molecule has 2 heteroatoms. The molecule has 1 aromatic rings. The lowest BCUT2D eigenvalue weighted by atomic mass is 9.90. The van der Waals surface area contributed by atoms with Gasteiger partial charge in [-0.2, -0.15) is 10.2 Å². The molecule has 0 fully saturated rings. The first kappa shape index (κ1) is 14.9. The zero-order valence-corrected chi connectivity index (χ0v) is 12.4. The average Bonchev–Trinajstić information content (AvgIpc) is 2.27. The SMILES string of the molecule is CC(C)CC(CN=NC(C)(C)C)c1ccccc1. The van der Waals surface area contributed by atoms with Gasteiger partial charge in [-0.05, 0) is 38.7 Å². The van der Waals surface area contributed by atoms with Gasteiger partial charge in [0.2, 0.25) is 0 Å². The van der Waals surface area contributed by atoms with Crippen molar-refractivity contribution < 1.29 is 0 Å². The topological polar surface area (TPSA) is 24.7 Å². The summed E-state index contributed by atoms with van der Waals surface area (Å²) < 4.78 is 0. The Morgan fingerprint density at radius 1 is 1.06 bits per heavy atom. The van der Waals surface area contributed by atoms with Gasteiger partial charge in [0.1, 0.15) is 0 Å². The van der Waals surface area contributed by atoms with Crippen molar-refractivity contribution in [2.75, 3.05) is 6.54 Å². The van der Waals surface area contributed by atoms with Crippen molar-refractivity contribution in [1.82, 2.24) is 0 Å². The Bertz CT molecular complexity index is 360. The summed E-state index contributed by atoms with van der Waals surface area (Å²) in [5, 5.41) is 8.75. The molecule has 1 rings (SSSR count). The Balaban J connectivity index is 2.71. The monoisotopic (exact) mass is 246 g/mol. The molecular weight excluding hydrogens is 220 g/mol. The largest absolute Gasteiger partial charge is 0.193 e. The molecule has 0 N–H and O–H groups in total. The minimum atomic E-state index is -0.0704. The molecule has 0 spiro atoms.